The second kappa shape index (κ2) is 7.51. The highest BCUT2D eigenvalue weighted by molar-refractivity contribution is 5.88. The Morgan fingerprint density at radius 3 is 2.42 bits per heavy atom. The number of ether oxygens (including phenoxy) is 1. The molecular weight excluding hydrogens is 310 g/mol. The maximum Gasteiger partial charge on any atom is 0.328 e. The standard InChI is InChI=1S/C17H31N3O4/c1-16(2,3)9-11(18)14(22)19-12(15(23)24-6)7-10-8-17(4,5)20-13(10)21/h10-12H,7-9,18H2,1-6H3,(H,19,22)(H,20,21)/t10-,11?,12?/m1/s1. The van der Waals surface area contributed by atoms with E-state index in [9.17, 15) is 14.4 Å². The first-order valence-electron chi connectivity index (χ1n) is 8.30. The Bertz CT molecular complexity index is 497. The minimum atomic E-state index is -0.877. The maximum absolute atomic E-state index is 12.3. The number of carbonyl (C=O) groups excluding carboxylic acids is 3. The minimum Gasteiger partial charge on any atom is -0.467 e. The molecule has 24 heavy (non-hydrogen) atoms. The summed E-state index contributed by atoms with van der Waals surface area (Å²) in [6, 6.07) is -1.59. The van der Waals surface area contributed by atoms with E-state index >= 15 is 0 Å². The van der Waals surface area contributed by atoms with Crippen LogP contribution in [0.5, 0.6) is 0 Å². The zero-order chi connectivity index (χ0) is 18.7. The first-order valence-corrected chi connectivity index (χ1v) is 8.30. The van der Waals surface area contributed by atoms with E-state index in [-0.39, 0.29) is 29.2 Å². The van der Waals surface area contributed by atoms with E-state index in [0.717, 1.165) is 0 Å². The molecule has 1 heterocycles. The fourth-order valence-corrected chi connectivity index (χ4v) is 3.06. The molecular formula is C17H31N3O4. The van der Waals surface area contributed by atoms with Crippen LogP contribution in [0, 0.1) is 11.3 Å². The van der Waals surface area contributed by atoms with Gasteiger partial charge in [0.05, 0.1) is 13.2 Å². The van der Waals surface area contributed by atoms with Crippen molar-refractivity contribution in [2.45, 2.75) is 71.5 Å². The Labute approximate surface area is 144 Å². The molecule has 0 bridgehead atoms. The number of nitrogens with one attached hydrogen (secondary N) is 2. The van der Waals surface area contributed by atoms with Crippen molar-refractivity contribution in [3.8, 4) is 0 Å². The van der Waals surface area contributed by atoms with E-state index < -0.39 is 24.0 Å². The normalized spacial score (nSPS) is 22.5. The van der Waals surface area contributed by atoms with E-state index in [1.54, 1.807) is 0 Å². The number of hydrogen-bond acceptors (Lipinski definition) is 5. The third-order valence-electron chi connectivity index (χ3n) is 4.08. The van der Waals surface area contributed by atoms with Crippen LogP contribution in [-0.2, 0) is 19.1 Å². The van der Waals surface area contributed by atoms with Crippen molar-refractivity contribution in [3.05, 3.63) is 0 Å². The molecule has 7 nitrogen and oxygen atoms in total. The van der Waals surface area contributed by atoms with Crippen molar-refractivity contribution in [3.63, 3.8) is 0 Å². The van der Waals surface area contributed by atoms with E-state index in [1.165, 1.54) is 7.11 Å². The fraction of sp³-hybridized carbons (Fsp3) is 0.824. The van der Waals surface area contributed by atoms with Crippen molar-refractivity contribution >= 4 is 17.8 Å². The Morgan fingerprint density at radius 2 is 2.00 bits per heavy atom. The van der Waals surface area contributed by atoms with Crippen LogP contribution in [0.3, 0.4) is 0 Å². The molecule has 1 aliphatic heterocycles. The number of amides is 2. The topological polar surface area (TPSA) is 111 Å². The number of hydrogen-bond donors (Lipinski definition) is 3. The molecule has 1 aliphatic rings. The zero-order valence-corrected chi connectivity index (χ0v) is 15.6. The van der Waals surface area contributed by atoms with Crippen LogP contribution < -0.4 is 16.4 Å². The quantitative estimate of drug-likeness (QED) is 0.616. The van der Waals surface area contributed by atoms with Crippen molar-refractivity contribution in [2.24, 2.45) is 17.1 Å². The summed E-state index contributed by atoms with van der Waals surface area (Å²) < 4.78 is 4.77. The van der Waals surface area contributed by atoms with Crippen molar-refractivity contribution < 1.29 is 19.1 Å². The first kappa shape index (κ1) is 20.4. The Kier molecular flexibility index (Phi) is 6.38. The molecule has 2 amide bonds. The van der Waals surface area contributed by atoms with E-state index in [0.29, 0.717) is 12.8 Å². The number of rotatable bonds is 6. The highest BCUT2D eigenvalue weighted by Gasteiger charge is 2.40. The second-order valence-electron chi connectivity index (χ2n) is 8.47. The van der Waals surface area contributed by atoms with Crippen LogP contribution in [0.2, 0.25) is 0 Å². The number of methoxy groups -OCH3 is 1. The highest BCUT2D eigenvalue weighted by Crippen LogP contribution is 2.28. The molecule has 138 valence electrons. The lowest BCUT2D eigenvalue weighted by atomic mass is 9.87. The molecule has 1 fully saturated rings. The summed E-state index contributed by atoms with van der Waals surface area (Å²) in [6.07, 6.45) is 1.29. The number of nitrogens with two attached hydrogens (primary N) is 1. The van der Waals surface area contributed by atoms with Crippen LogP contribution >= 0.6 is 0 Å². The monoisotopic (exact) mass is 341 g/mol. The van der Waals surface area contributed by atoms with Crippen LogP contribution in [-0.4, -0.2) is 42.5 Å². The van der Waals surface area contributed by atoms with Gasteiger partial charge >= 0.3 is 5.97 Å². The molecule has 0 aliphatic carbocycles. The molecule has 0 spiro atoms. The highest BCUT2D eigenvalue weighted by atomic mass is 16.5. The van der Waals surface area contributed by atoms with Crippen LogP contribution in [0.4, 0.5) is 0 Å². The van der Waals surface area contributed by atoms with Crippen LogP contribution in [0.25, 0.3) is 0 Å². The molecule has 0 saturated carbocycles. The van der Waals surface area contributed by atoms with Gasteiger partial charge in [0.15, 0.2) is 0 Å². The lowest BCUT2D eigenvalue weighted by molar-refractivity contribution is -0.146. The SMILES string of the molecule is COC(=O)C(C[C@@H]1CC(C)(C)NC1=O)NC(=O)C(N)CC(C)(C)C. The van der Waals surface area contributed by atoms with Gasteiger partial charge < -0.3 is 21.1 Å². The second-order valence-corrected chi connectivity index (χ2v) is 8.47. The lowest BCUT2D eigenvalue weighted by Crippen LogP contribution is -2.50. The lowest BCUT2D eigenvalue weighted by Gasteiger charge is -2.25. The van der Waals surface area contributed by atoms with Gasteiger partial charge in [-0.05, 0) is 38.5 Å². The van der Waals surface area contributed by atoms with Gasteiger partial charge in [-0.2, -0.15) is 0 Å². The summed E-state index contributed by atoms with van der Waals surface area (Å²) in [7, 11) is 1.26. The maximum atomic E-state index is 12.3. The molecule has 0 aromatic rings. The molecule has 1 saturated heterocycles. The summed E-state index contributed by atoms with van der Waals surface area (Å²) in [6.45, 7) is 9.82. The third-order valence-corrected chi connectivity index (χ3v) is 4.08. The third kappa shape index (κ3) is 6.11. The first-order chi connectivity index (χ1) is 10.8. The van der Waals surface area contributed by atoms with Gasteiger partial charge in [-0.1, -0.05) is 20.8 Å². The smallest absolute Gasteiger partial charge is 0.328 e. The van der Waals surface area contributed by atoms with Crippen LogP contribution in [0.1, 0.15) is 53.9 Å². The number of carbonyl (C=O) groups is 3. The van der Waals surface area contributed by atoms with Gasteiger partial charge in [0.2, 0.25) is 11.8 Å². The molecule has 0 radical (unpaired) electrons. The summed E-state index contributed by atoms with van der Waals surface area (Å²) in [4.78, 5) is 36.3. The Hall–Kier alpha value is -1.63. The Morgan fingerprint density at radius 1 is 1.42 bits per heavy atom. The molecule has 0 aromatic heterocycles. The van der Waals surface area contributed by atoms with E-state index in [4.69, 9.17) is 10.5 Å². The van der Waals surface area contributed by atoms with Gasteiger partial charge in [0.1, 0.15) is 6.04 Å². The van der Waals surface area contributed by atoms with Crippen molar-refractivity contribution in [1.29, 1.82) is 0 Å². The average Bonchev–Trinajstić information content (AvgIpc) is 2.67. The van der Waals surface area contributed by atoms with Gasteiger partial charge in [0, 0.05) is 11.5 Å². The fourth-order valence-electron chi connectivity index (χ4n) is 3.06. The summed E-state index contributed by atoms with van der Waals surface area (Å²) >= 11 is 0. The minimum absolute atomic E-state index is 0.104. The van der Waals surface area contributed by atoms with Crippen LogP contribution in [0.15, 0.2) is 0 Å². The summed E-state index contributed by atoms with van der Waals surface area (Å²) in [5.74, 6) is -1.42. The molecule has 3 atom stereocenters. The molecule has 2 unspecified atom stereocenters. The molecule has 4 N–H and O–H groups in total. The van der Waals surface area contributed by atoms with Crippen molar-refractivity contribution in [1.82, 2.24) is 10.6 Å². The Balaban J connectivity index is 2.75. The molecule has 0 aromatic carbocycles. The zero-order valence-electron chi connectivity index (χ0n) is 15.6. The predicted octanol–water partition coefficient (Wildman–Crippen LogP) is 0.713. The van der Waals surface area contributed by atoms with E-state index in [1.807, 2.05) is 34.6 Å². The van der Waals surface area contributed by atoms with Gasteiger partial charge in [-0.25, -0.2) is 4.79 Å². The van der Waals surface area contributed by atoms with Gasteiger partial charge in [0.25, 0.3) is 0 Å². The van der Waals surface area contributed by atoms with Crippen molar-refractivity contribution in [2.75, 3.05) is 7.11 Å². The molecule has 1 rings (SSSR count). The van der Waals surface area contributed by atoms with Gasteiger partial charge in [-0.3, -0.25) is 9.59 Å². The average molecular weight is 341 g/mol. The van der Waals surface area contributed by atoms with Gasteiger partial charge in [-0.15, -0.1) is 0 Å². The largest absolute Gasteiger partial charge is 0.467 e. The summed E-state index contributed by atoms with van der Waals surface area (Å²) in [5, 5.41) is 5.53. The number of esters is 1. The predicted molar refractivity (Wildman–Crippen MR) is 90.9 cm³/mol. The molecule has 7 heteroatoms. The van der Waals surface area contributed by atoms with E-state index in [2.05, 4.69) is 10.6 Å². The summed E-state index contributed by atoms with van der Waals surface area (Å²) in [5.41, 5.74) is 5.51.